The molecular formula is C21H23ClN2O4S. The molecule has 2 aromatic rings. The summed E-state index contributed by atoms with van der Waals surface area (Å²) >= 11 is 5.90. The number of phenols is 1. The number of carbonyl (C=O) groups is 1. The van der Waals surface area contributed by atoms with E-state index < -0.39 is 10.0 Å². The van der Waals surface area contributed by atoms with Crippen LogP contribution in [0.4, 0.5) is 11.4 Å². The molecule has 0 saturated heterocycles. The van der Waals surface area contributed by atoms with Gasteiger partial charge in [0.25, 0.3) is 10.0 Å². The summed E-state index contributed by atoms with van der Waals surface area (Å²) < 4.78 is 27.8. The molecule has 3 unspecified atom stereocenters. The highest BCUT2D eigenvalue weighted by atomic mass is 35.5. The number of benzene rings is 2. The van der Waals surface area contributed by atoms with Crippen LogP contribution in [0.2, 0.25) is 5.02 Å². The number of carbonyl (C=O) groups excluding carboxylic acids is 1. The van der Waals surface area contributed by atoms with Gasteiger partial charge in [0.15, 0.2) is 0 Å². The largest absolute Gasteiger partial charge is 0.506 e. The van der Waals surface area contributed by atoms with Gasteiger partial charge in [0.2, 0.25) is 5.91 Å². The standard InChI is InChI=1S/C21H23ClN2O4S/c22-16-2-1-3-17(11-16)24-29(27,28)18-6-7-20(25)19(12-18)23-21(26)10-15-9-13-4-5-14(15)8-13/h1-3,6-7,11-15,24-25H,4-5,8-10H2,(H,23,26). The lowest BCUT2D eigenvalue weighted by atomic mass is 9.86. The number of hydrogen-bond acceptors (Lipinski definition) is 4. The van der Waals surface area contributed by atoms with Gasteiger partial charge in [0, 0.05) is 11.4 Å². The van der Waals surface area contributed by atoms with Crippen LogP contribution in [0.25, 0.3) is 0 Å². The summed E-state index contributed by atoms with van der Waals surface area (Å²) in [7, 11) is -3.91. The molecule has 1 amide bonds. The molecule has 2 saturated carbocycles. The summed E-state index contributed by atoms with van der Waals surface area (Å²) in [6, 6.07) is 10.2. The molecule has 0 radical (unpaired) electrons. The summed E-state index contributed by atoms with van der Waals surface area (Å²) in [6.07, 6.45) is 5.16. The Morgan fingerprint density at radius 3 is 2.66 bits per heavy atom. The second kappa shape index (κ2) is 7.88. The predicted octanol–water partition coefficient (Wildman–Crippen LogP) is 4.61. The quantitative estimate of drug-likeness (QED) is 0.578. The minimum atomic E-state index is -3.91. The molecule has 4 rings (SSSR count). The van der Waals surface area contributed by atoms with Crippen LogP contribution in [0.5, 0.6) is 5.75 Å². The molecule has 0 heterocycles. The number of fused-ring (bicyclic) bond motifs is 2. The molecule has 154 valence electrons. The van der Waals surface area contributed by atoms with Gasteiger partial charge in [0.1, 0.15) is 5.75 Å². The van der Waals surface area contributed by atoms with Crippen LogP contribution in [-0.4, -0.2) is 19.4 Å². The van der Waals surface area contributed by atoms with Crippen LogP contribution in [0.1, 0.15) is 32.1 Å². The summed E-state index contributed by atoms with van der Waals surface area (Å²) in [5.74, 6) is 1.38. The first-order valence-electron chi connectivity index (χ1n) is 9.71. The lowest BCUT2D eigenvalue weighted by Crippen LogP contribution is -2.20. The fourth-order valence-corrected chi connectivity index (χ4v) is 5.88. The van der Waals surface area contributed by atoms with Gasteiger partial charge in [-0.3, -0.25) is 9.52 Å². The molecule has 2 aromatic carbocycles. The molecule has 0 spiro atoms. The maximum absolute atomic E-state index is 12.7. The highest BCUT2D eigenvalue weighted by Gasteiger charge is 2.40. The zero-order chi connectivity index (χ0) is 20.6. The van der Waals surface area contributed by atoms with Gasteiger partial charge in [-0.25, -0.2) is 8.42 Å². The van der Waals surface area contributed by atoms with Gasteiger partial charge in [-0.05, 0) is 73.4 Å². The summed E-state index contributed by atoms with van der Waals surface area (Å²) in [5, 5.41) is 13.2. The first-order chi connectivity index (χ1) is 13.8. The fraction of sp³-hybridized carbons (Fsp3) is 0.381. The number of phenolic OH excluding ortho intramolecular Hbond substituents is 1. The number of rotatable bonds is 6. The molecule has 8 heteroatoms. The number of aromatic hydroxyl groups is 1. The first-order valence-corrected chi connectivity index (χ1v) is 11.6. The van der Waals surface area contributed by atoms with E-state index in [-0.39, 0.29) is 22.2 Å². The van der Waals surface area contributed by atoms with Crippen molar-refractivity contribution in [3.05, 3.63) is 47.5 Å². The van der Waals surface area contributed by atoms with E-state index in [0.29, 0.717) is 29.0 Å². The lowest BCUT2D eigenvalue weighted by Gasteiger charge is -2.21. The predicted molar refractivity (Wildman–Crippen MR) is 113 cm³/mol. The summed E-state index contributed by atoms with van der Waals surface area (Å²) in [6.45, 7) is 0. The molecule has 6 nitrogen and oxygen atoms in total. The van der Waals surface area contributed by atoms with Crippen molar-refractivity contribution in [2.24, 2.45) is 17.8 Å². The number of nitrogens with one attached hydrogen (secondary N) is 2. The zero-order valence-corrected chi connectivity index (χ0v) is 17.3. The Hall–Kier alpha value is -2.25. The molecule has 2 bridgehead atoms. The number of hydrogen-bond donors (Lipinski definition) is 3. The Morgan fingerprint density at radius 1 is 1.14 bits per heavy atom. The number of anilines is 2. The van der Waals surface area contributed by atoms with E-state index in [1.54, 1.807) is 18.2 Å². The smallest absolute Gasteiger partial charge is 0.261 e. The van der Waals surface area contributed by atoms with Crippen molar-refractivity contribution in [1.82, 2.24) is 0 Å². The monoisotopic (exact) mass is 434 g/mol. The van der Waals surface area contributed by atoms with Crippen LogP contribution in [0.15, 0.2) is 47.4 Å². The average molecular weight is 435 g/mol. The molecule has 29 heavy (non-hydrogen) atoms. The Bertz CT molecular complexity index is 1040. The van der Waals surface area contributed by atoms with E-state index in [9.17, 15) is 18.3 Å². The zero-order valence-electron chi connectivity index (χ0n) is 15.8. The van der Waals surface area contributed by atoms with E-state index in [0.717, 1.165) is 12.3 Å². The highest BCUT2D eigenvalue weighted by Crippen LogP contribution is 2.49. The van der Waals surface area contributed by atoms with Gasteiger partial charge >= 0.3 is 0 Å². The van der Waals surface area contributed by atoms with Gasteiger partial charge < -0.3 is 10.4 Å². The van der Waals surface area contributed by atoms with Gasteiger partial charge in [0.05, 0.1) is 16.3 Å². The Morgan fingerprint density at radius 2 is 1.97 bits per heavy atom. The highest BCUT2D eigenvalue weighted by molar-refractivity contribution is 7.92. The van der Waals surface area contributed by atoms with Crippen LogP contribution >= 0.6 is 11.6 Å². The Labute approximate surface area is 175 Å². The first kappa shape index (κ1) is 20.0. The van der Waals surface area contributed by atoms with Crippen LogP contribution < -0.4 is 10.0 Å². The second-order valence-electron chi connectivity index (χ2n) is 7.98. The van der Waals surface area contributed by atoms with E-state index in [4.69, 9.17) is 11.6 Å². The van der Waals surface area contributed by atoms with Crippen molar-refractivity contribution >= 4 is 38.9 Å². The van der Waals surface area contributed by atoms with Crippen molar-refractivity contribution in [1.29, 1.82) is 0 Å². The van der Waals surface area contributed by atoms with Gasteiger partial charge in [-0.2, -0.15) is 0 Å². The molecule has 2 aliphatic carbocycles. The van der Waals surface area contributed by atoms with Gasteiger partial charge in [-0.1, -0.05) is 24.1 Å². The second-order valence-corrected chi connectivity index (χ2v) is 10.1. The van der Waals surface area contributed by atoms with E-state index in [1.165, 1.54) is 43.5 Å². The summed E-state index contributed by atoms with van der Waals surface area (Å²) in [4.78, 5) is 12.4. The van der Waals surface area contributed by atoms with Crippen LogP contribution in [0, 0.1) is 17.8 Å². The van der Waals surface area contributed by atoms with E-state index >= 15 is 0 Å². The van der Waals surface area contributed by atoms with Crippen molar-refractivity contribution in [3.63, 3.8) is 0 Å². The molecule has 0 aromatic heterocycles. The Kier molecular flexibility index (Phi) is 5.44. The van der Waals surface area contributed by atoms with E-state index in [1.807, 2.05) is 0 Å². The molecule has 2 aliphatic rings. The SMILES string of the molecule is O=C(CC1CC2CCC1C2)Nc1cc(S(=O)(=O)Nc2cccc(Cl)c2)ccc1O. The minimum absolute atomic E-state index is 0.0644. The van der Waals surface area contributed by atoms with Crippen molar-refractivity contribution in [2.45, 2.75) is 37.0 Å². The number of amides is 1. The molecule has 3 N–H and O–H groups in total. The van der Waals surface area contributed by atoms with Crippen LogP contribution in [0.3, 0.4) is 0 Å². The van der Waals surface area contributed by atoms with Crippen molar-refractivity contribution in [3.8, 4) is 5.75 Å². The Balaban J connectivity index is 1.47. The minimum Gasteiger partial charge on any atom is -0.506 e. The third-order valence-electron chi connectivity index (χ3n) is 5.96. The number of halogens is 1. The van der Waals surface area contributed by atoms with Gasteiger partial charge in [-0.15, -0.1) is 0 Å². The topological polar surface area (TPSA) is 95.5 Å². The third kappa shape index (κ3) is 4.51. The molecule has 2 fully saturated rings. The molecule has 3 atom stereocenters. The normalized spacial score (nSPS) is 23.1. The molecule has 0 aliphatic heterocycles. The van der Waals surface area contributed by atoms with Crippen LogP contribution in [-0.2, 0) is 14.8 Å². The maximum atomic E-state index is 12.7. The summed E-state index contributed by atoms with van der Waals surface area (Å²) in [5.41, 5.74) is 0.416. The molecular weight excluding hydrogens is 412 g/mol. The fourth-order valence-electron chi connectivity index (χ4n) is 4.61. The maximum Gasteiger partial charge on any atom is 0.261 e. The van der Waals surface area contributed by atoms with Crippen molar-refractivity contribution in [2.75, 3.05) is 10.0 Å². The lowest BCUT2D eigenvalue weighted by molar-refractivity contribution is -0.117. The van der Waals surface area contributed by atoms with E-state index in [2.05, 4.69) is 10.0 Å². The third-order valence-corrected chi connectivity index (χ3v) is 7.58. The average Bonchev–Trinajstić information content (AvgIpc) is 3.26. The number of sulfonamides is 1. The van der Waals surface area contributed by atoms with Crippen molar-refractivity contribution < 1.29 is 18.3 Å².